The second kappa shape index (κ2) is 5.76. The Morgan fingerprint density at radius 2 is 2.11 bits per heavy atom. The standard InChI is InChI=1S/C15H26N4/c1-5-12-13(16-6-2)17-11-18-14(12)19-9-7-8-15(3,4)10-19/h11H,5-10H2,1-4H3,(H,16,17,18). The van der Waals surface area contributed by atoms with Gasteiger partial charge in [0.05, 0.1) is 0 Å². The molecule has 106 valence electrons. The lowest BCUT2D eigenvalue weighted by Crippen LogP contribution is -2.41. The predicted molar refractivity (Wildman–Crippen MR) is 80.8 cm³/mol. The van der Waals surface area contributed by atoms with Crippen molar-refractivity contribution in [1.29, 1.82) is 0 Å². The molecule has 0 unspecified atom stereocenters. The first-order valence-electron chi connectivity index (χ1n) is 7.40. The minimum Gasteiger partial charge on any atom is -0.370 e. The Kier molecular flexibility index (Phi) is 4.27. The Balaban J connectivity index is 2.30. The number of hydrogen-bond acceptors (Lipinski definition) is 4. The van der Waals surface area contributed by atoms with E-state index in [9.17, 15) is 0 Å². The van der Waals surface area contributed by atoms with Crippen LogP contribution in [-0.2, 0) is 6.42 Å². The van der Waals surface area contributed by atoms with E-state index in [0.29, 0.717) is 5.41 Å². The molecular weight excluding hydrogens is 236 g/mol. The second-order valence-corrected chi connectivity index (χ2v) is 6.10. The number of nitrogens with one attached hydrogen (secondary N) is 1. The summed E-state index contributed by atoms with van der Waals surface area (Å²) in [4.78, 5) is 11.4. The molecule has 19 heavy (non-hydrogen) atoms. The van der Waals surface area contributed by atoms with Crippen molar-refractivity contribution in [3.8, 4) is 0 Å². The molecule has 1 aromatic rings. The zero-order valence-electron chi connectivity index (χ0n) is 12.7. The van der Waals surface area contributed by atoms with Gasteiger partial charge in [0.2, 0.25) is 0 Å². The normalized spacial score (nSPS) is 18.4. The van der Waals surface area contributed by atoms with Gasteiger partial charge in [0.25, 0.3) is 0 Å². The molecule has 1 aromatic heterocycles. The van der Waals surface area contributed by atoms with Gasteiger partial charge >= 0.3 is 0 Å². The van der Waals surface area contributed by atoms with Crippen LogP contribution >= 0.6 is 0 Å². The van der Waals surface area contributed by atoms with E-state index in [-0.39, 0.29) is 0 Å². The van der Waals surface area contributed by atoms with Crippen LogP contribution in [0.3, 0.4) is 0 Å². The predicted octanol–water partition coefficient (Wildman–Crippen LogP) is 3.10. The highest BCUT2D eigenvalue weighted by atomic mass is 15.2. The summed E-state index contributed by atoms with van der Waals surface area (Å²) in [5, 5.41) is 3.35. The Morgan fingerprint density at radius 1 is 1.32 bits per heavy atom. The fourth-order valence-corrected chi connectivity index (χ4v) is 2.92. The van der Waals surface area contributed by atoms with E-state index >= 15 is 0 Å². The average Bonchev–Trinajstić information content (AvgIpc) is 2.37. The number of nitrogens with zero attached hydrogens (tertiary/aromatic N) is 3. The van der Waals surface area contributed by atoms with Crippen molar-refractivity contribution >= 4 is 11.6 Å². The smallest absolute Gasteiger partial charge is 0.137 e. The number of hydrogen-bond donors (Lipinski definition) is 1. The van der Waals surface area contributed by atoms with Crippen LogP contribution < -0.4 is 10.2 Å². The fraction of sp³-hybridized carbons (Fsp3) is 0.733. The first-order chi connectivity index (χ1) is 9.07. The van der Waals surface area contributed by atoms with E-state index < -0.39 is 0 Å². The lowest BCUT2D eigenvalue weighted by molar-refractivity contribution is 0.292. The number of piperidine rings is 1. The van der Waals surface area contributed by atoms with Crippen LogP contribution in [0.5, 0.6) is 0 Å². The average molecular weight is 262 g/mol. The van der Waals surface area contributed by atoms with Crippen LogP contribution in [0.15, 0.2) is 6.33 Å². The topological polar surface area (TPSA) is 41.1 Å². The van der Waals surface area contributed by atoms with Gasteiger partial charge in [0.1, 0.15) is 18.0 Å². The van der Waals surface area contributed by atoms with E-state index in [2.05, 4.69) is 47.9 Å². The highest BCUT2D eigenvalue weighted by molar-refractivity contribution is 5.59. The van der Waals surface area contributed by atoms with Crippen LogP contribution in [-0.4, -0.2) is 29.6 Å². The maximum absolute atomic E-state index is 4.56. The van der Waals surface area contributed by atoms with Crippen molar-refractivity contribution in [3.63, 3.8) is 0 Å². The van der Waals surface area contributed by atoms with Gasteiger partial charge in [-0.2, -0.15) is 0 Å². The first-order valence-corrected chi connectivity index (χ1v) is 7.40. The van der Waals surface area contributed by atoms with Crippen molar-refractivity contribution in [2.45, 2.75) is 47.0 Å². The van der Waals surface area contributed by atoms with E-state index in [1.807, 2.05) is 0 Å². The molecule has 4 nitrogen and oxygen atoms in total. The molecule has 0 aliphatic carbocycles. The zero-order valence-corrected chi connectivity index (χ0v) is 12.7. The van der Waals surface area contributed by atoms with Gasteiger partial charge in [0.15, 0.2) is 0 Å². The minimum absolute atomic E-state index is 0.382. The Morgan fingerprint density at radius 3 is 2.74 bits per heavy atom. The van der Waals surface area contributed by atoms with Gasteiger partial charge in [0, 0.05) is 25.2 Å². The third kappa shape index (κ3) is 3.17. The maximum Gasteiger partial charge on any atom is 0.137 e. The zero-order chi connectivity index (χ0) is 13.9. The summed E-state index contributed by atoms with van der Waals surface area (Å²) in [5.41, 5.74) is 1.63. The highest BCUT2D eigenvalue weighted by Gasteiger charge is 2.28. The van der Waals surface area contributed by atoms with E-state index in [0.717, 1.165) is 37.7 Å². The lowest BCUT2D eigenvalue weighted by atomic mass is 9.84. The van der Waals surface area contributed by atoms with E-state index in [4.69, 9.17) is 0 Å². The van der Waals surface area contributed by atoms with Crippen LogP contribution in [0.1, 0.15) is 46.1 Å². The molecule has 0 radical (unpaired) electrons. The quantitative estimate of drug-likeness (QED) is 0.905. The maximum atomic E-state index is 4.56. The molecule has 0 spiro atoms. The number of aromatic nitrogens is 2. The van der Waals surface area contributed by atoms with Crippen LogP contribution in [0.4, 0.5) is 11.6 Å². The van der Waals surface area contributed by atoms with Crippen LogP contribution in [0.25, 0.3) is 0 Å². The minimum atomic E-state index is 0.382. The summed E-state index contributed by atoms with van der Waals surface area (Å²) in [6.45, 7) is 12.1. The second-order valence-electron chi connectivity index (χ2n) is 6.10. The summed E-state index contributed by atoms with van der Waals surface area (Å²) in [6, 6.07) is 0. The molecule has 1 saturated heterocycles. The Hall–Kier alpha value is -1.32. The van der Waals surface area contributed by atoms with Crippen molar-refractivity contribution < 1.29 is 0 Å². The summed E-state index contributed by atoms with van der Waals surface area (Å²) < 4.78 is 0. The van der Waals surface area contributed by atoms with Gasteiger partial charge in [-0.25, -0.2) is 9.97 Å². The molecule has 1 aliphatic heterocycles. The van der Waals surface area contributed by atoms with Gasteiger partial charge in [-0.15, -0.1) is 0 Å². The molecule has 1 aliphatic rings. The monoisotopic (exact) mass is 262 g/mol. The van der Waals surface area contributed by atoms with Gasteiger partial charge in [-0.05, 0) is 31.6 Å². The molecule has 0 atom stereocenters. The SMILES string of the molecule is CCNc1ncnc(N2CCCC(C)(C)C2)c1CC. The number of anilines is 2. The molecular formula is C15H26N4. The summed E-state index contributed by atoms with van der Waals surface area (Å²) in [5.74, 6) is 2.12. The largest absolute Gasteiger partial charge is 0.370 e. The van der Waals surface area contributed by atoms with Crippen molar-refractivity contribution in [2.75, 3.05) is 29.9 Å². The first kappa shape index (κ1) is 14.1. The van der Waals surface area contributed by atoms with E-state index in [1.165, 1.54) is 18.4 Å². The molecule has 4 heteroatoms. The third-order valence-corrected chi connectivity index (χ3v) is 3.82. The lowest BCUT2D eigenvalue weighted by Gasteiger charge is -2.39. The molecule has 0 bridgehead atoms. The summed E-state index contributed by atoms with van der Waals surface area (Å²) >= 11 is 0. The van der Waals surface area contributed by atoms with Crippen molar-refractivity contribution in [3.05, 3.63) is 11.9 Å². The summed E-state index contributed by atoms with van der Waals surface area (Å²) in [7, 11) is 0. The molecule has 1 N–H and O–H groups in total. The fourth-order valence-electron chi connectivity index (χ4n) is 2.92. The molecule has 2 heterocycles. The Bertz CT molecular complexity index is 428. The van der Waals surface area contributed by atoms with Crippen LogP contribution in [0.2, 0.25) is 0 Å². The van der Waals surface area contributed by atoms with Crippen molar-refractivity contribution in [2.24, 2.45) is 5.41 Å². The van der Waals surface area contributed by atoms with Gasteiger partial charge in [-0.3, -0.25) is 0 Å². The van der Waals surface area contributed by atoms with Crippen molar-refractivity contribution in [1.82, 2.24) is 9.97 Å². The Labute approximate surface area is 116 Å². The van der Waals surface area contributed by atoms with Gasteiger partial charge in [-0.1, -0.05) is 20.8 Å². The number of rotatable bonds is 4. The molecule has 0 aromatic carbocycles. The van der Waals surface area contributed by atoms with Gasteiger partial charge < -0.3 is 10.2 Å². The highest BCUT2D eigenvalue weighted by Crippen LogP contribution is 2.33. The summed E-state index contributed by atoms with van der Waals surface area (Å²) in [6.07, 6.45) is 5.20. The van der Waals surface area contributed by atoms with E-state index in [1.54, 1.807) is 6.33 Å². The molecule has 0 saturated carbocycles. The molecule has 2 rings (SSSR count). The van der Waals surface area contributed by atoms with Crippen LogP contribution in [0, 0.1) is 5.41 Å². The molecule has 1 fully saturated rings. The molecule has 0 amide bonds. The third-order valence-electron chi connectivity index (χ3n) is 3.82.